The number of thioether (sulfide) groups is 1. The van der Waals surface area contributed by atoms with Crippen molar-refractivity contribution in [2.75, 3.05) is 5.32 Å². The zero-order chi connectivity index (χ0) is 21.4. The summed E-state index contributed by atoms with van der Waals surface area (Å²) in [5.41, 5.74) is 5.89. The molecule has 2 aromatic carbocycles. The van der Waals surface area contributed by atoms with E-state index in [0.717, 1.165) is 22.3 Å². The van der Waals surface area contributed by atoms with Gasteiger partial charge in [0.25, 0.3) is 5.56 Å². The van der Waals surface area contributed by atoms with Crippen molar-refractivity contribution >= 4 is 23.5 Å². The Morgan fingerprint density at radius 1 is 1.07 bits per heavy atom. The van der Waals surface area contributed by atoms with Gasteiger partial charge < -0.3 is 9.88 Å². The van der Waals surface area contributed by atoms with Gasteiger partial charge in [-0.25, -0.2) is 0 Å². The molecule has 6 heteroatoms. The molecular formula is C24H25N3O2S. The van der Waals surface area contributed by atoms with E-state index in [1.54, 1.807) is 0 Å². The number of hydrogen-bond donors (Lipinski definition) is 1. The van der Waals surface area contributed by atoms with E-state index in [1.807, 2.05) is 37.6 Å². The Labute approximate surface area is 180 Å². The van der Waals surface area contributed by atoms with Crippen LogP contribution in [-0.2, 0) is 17.6 Å². The number of fused-ring (bicyclic) bond motifs is 1. The molecule has 154 valence electrons. The van der Waals surface area contributed by atoms with E-state index in [4.69, 9.17) is 0 Å². The van der Waals surface area contributed by atoms with Gasteiger partial charge in [0.1, 0.15) is 5.82 Å². The number of aryl methyl sites for hydroxylation is 3. The lowest BCUT2D eigenvalue weighted by Gasteiger charge is -2.28. The van der Waals surface area contributed by atoms with Crippen LogP contribution in [0.4, 0.5) is 5.82 Å². The summed E-state index contributed by atoms with van der Waals surface area (Å²) in [7, 11) is 1.86. The van der Waals surface area contributed by atoms with Crippen molar-refractivity contribution in [3.8, 4) is 0 Å². The Kier molecular flexibility index (Phi) is 5.52. The fraction of sp³-hybridized carbons (Fsp3) is 0.292. The van der Waals surface area contributed by atoms with E-state index in [0.29, 0.717) is 22.3 Å². The second-order valence-electron chi connectivity index (χ2n) is 7.96. The summed E-state index contributed by atoms with van der Waals surface area (Å²) in [6.45, 7) is 6.10. The molecule has 0 radical (unpaired) electrons. The lowest BCUT2D eigenvalue weighted by atomic mass is 9.84. The summed E-state index contributed by atoms with van der Waals surface area (Å²) < 4.78 is 1.84. The van der Waals surface area contributed by atoms with Crippen molar-refractivity contribution < 1.29 is 4.79 Å². The van der Waals surface area contributed by atoms with Crippen molar-refractivity contribution in [1.82, 2.24) is 9.55 Å². The molecule has 0 saturated carbocycles. The molecule has 1 aliphatic heterocycles. The van der Waals surface area contributed by atoms with Crippen molar-refractivity contribution in [2.24, 2.45) is 7.05 Å². The van der Waals surface area contributed by atoms with Crippen LogP contribution in [0.5, 0.6) is 0 Å². The van der Waals surface area contributed by atoms with Gasteiger partial charge in [-0.15, -0.1) is 0 Å². The molecule has 30 heavy (non-hydrogen) atoms. The van der Waals surface area contributed by atoms with Crippen molar-refractivity contribution in [3.63, 3.8) is 0 Å². The summed E-state index contributed by atoms with van der Waals surface area (Å²) in [5, 5.41) is 3.52. The lowest BCUT2D eigenvalue weighted by Crippen LogP contribution is -2.33. The van der Waals surface area contributed by atoms with Crippen LogP contribution in [0.1, 0.15) is 45.7 Å². The highest BCUT2D eigenvalue weighted by atomic mass is 32.2. The summed E-state index contributed by atoms with van der Waals surface area (Å²) in [5.74, 6) is 0.900. The molecule has 1 aliphatic rings. The third-order valence-electron chi connectivity index (χ3n) is 5.60. The van der Waals surface area contributed by atoms with Gasteiger partial charge >= 0.3 is 0 Å². The summed E-state index contributed by atoms with van der Waals surface area (Å²) in [6, 6.07) is 14.5. The molecule has 1 amide bonds. The van der Waals surface area contributed by atoms with Gasteiger partial charge in [0.2, 0.25) is 5.91 Å². The first kappa shape index (κ1) is 20.4. The normalized spacial score (nSPS) is 15.6. The molecule has 3 aromatic rings. The minimum Gasteiger partial charge on any atom is -0.312 e. The number of aromatic nitrogens is 2. The van der Waals surface area contributed by atoms with Crippen LogP contribution < -0.4 is 10.9 Å². The molecule has 4 rings (SSSR count). The highest BCUT2D eigenvalue weighted by Gasteiger charge is 2.32. The molecule has 0 bridgehead atoms. The average Bonchev–Trinajstić information content (AvgIpc) is 2.72. The fourth-order valence-corrected chi connectivity index (χ4v) is 4.82. The second kappa shape index (κ2) is 8.11. The zero-order valence-electron chi connectivity index (χ0n) is 17.7. The number of hydrogen-bond acceptors (Lipinski definition) is 4. The smallest absolute Gasteiger partial charge is 0.279 e. The maximum absolute atomic E-state index is 13.1. The highest BCUT2D eigenvalue weighted by Crippen LogP contribution is 2.37. The van der Waals surface area contributed by atoms with Crippen molar-refractivity contribution in [2.45, 2.75) is 44.0 Å². The molecule has 1 unspecified atom stereocenters. The van der Waals surface area contributed by atoms with Gasteiger partial charge in [-0.3, -0.25) is 9.59 Å². The molecule has 1 aromatic heterocycles. The van der Waals surface area contributed by atoms with E-state index < -0.39 is 0 Å². The van der Waals surface area contributed by atoms with Gasteiger partial charge in [-0.1, -0.05) is 65.4 Å². The molecule has 1 atom stereocenters. The van der Waals surface area contributed by atoms with Crippen LogP contribution in [-0.4, -0.2) is 15.5 Å². The number of rotatable bonds is 4. The quantitative estimate of drug-likeness (QED) is 0.501. The maximum atomic E-state index is 13.1. The standard InChI is InChI=1S/C24H25N3O2S/c1-14-6-9-17(10-7-14)13-30-24-26-23(29)21-19(12-20(28)25-22(21)27(24)4)18-11-15(2)5-8-16(18)3/h5-11,19H,12-13H2,1-4H3,(H,25,28). The van der Waals surface area contributed by atoms with Crippen LogP contribution in [0, 0.1) is 20.8 Å². The van der Waals surface area contributed by atoms with E-state index in [1.165, 1.54) is 17.3 Å². The van der Waals surface area contributed by atoms with Crippen LogP contribution in [0.3, 0.4) is 0 Å². The lowest BCUT2D eigenvalue weighted by molar-refractivity contribution is -0.116. The van der Waals surface area contributed by atoms with E-state index >= 15 is 0 Å². The first-order chi connectivity index (χ1) is 14.3. The molecule has 0 aliphatic carbocycles. The molecular weight excluding hydrogens is 394 g/mol. The third-order valence-corrected chi connectivity index (χ3v) is 6.70. The van der Waals surface area contributed by atoms with Crippen molar-refractivity contribution in [3.05, 3.63) is 86.2 Å². The molecule has 2 heterocycles. The van der Waals surface area contributed by atoms with Gasteiger partial charge in [-0.05, 0) is 37.5 Å². The Morgan fingerprint density at radius 2 is 1.77 bits per heavy atom. The largest absolute Gasteiger partial charge is 0.312 e. The SMILES string of the molecule is Cc1ccc(CSc2nc(=O)c3c(n2C)NC(=O)CC3c2cc(C)ccc2C)cc1. The molecule has 5 nitrogen and oxygen atoms in total. The second-order valence-corrected chi connectivity index (χ2v) is 8.90. The Bertz CT molecular complexity index is 1180. The zero-order valence-corrected chi connectivity index (χ0v) is 18.5. The number of nitrogens with zero attached hydrogens (tertiary/aromatic N) is 2. The molecule has 1 N–H and O–H groups in total. The monoisotopic (exact) mass is 419 g/mol. The third kappa shape index (κ3) is 3.92. The minimum atomic E-state index is -0.281. The van der Waals surface area contributed by atoms with Crippen LogP contribution >= 0.6 is 11.8 Å². The first-order valence-electron chi connectivity index (χ1n) is 9.99. The summed E-state index contributed by atoms with van der Waals surface area (Å²) in [6.07, 6.45) is 0.254. The topological polar surface area (TPSA) is 64.0 Å². The van der Waals surface area contributed by atoms with Gasteiger partial charge in [0, 0.05) is 25.1 Å². The number of benzene rings is 2. The molecule has 0 spiro atoms. The molecule has 0 fully saturated rings. The van der Waals surface area contributed by atoms with Gasteiger partial charge in [0.05, 0.1) is 5.56 Å². The van der Waals surface area contributed by atoms with Gasteiger partial charge in [0.15, 0.2) is 5.16 Å². The van der Waals surface area contributed by atoms with Crippen LogP contribution in [0.25, 0.3) is 0 Å². The number of carbonyl (C=O) groups is 1. The molecule has 0 saturated heterocycles. The average molecular weight is 420 g/mol. The Morgan fingerprint density at radius 3 is 2.50 bits per heavy atom. The van der Waals surface area contributed by atoms with Crippen LogP contribution in [0.2, 0.25) is 0 Å². The number of amides is 1. The summed E-state index contributed by atoms with van der Waals surface area (Å²) >= 11 is 1.50. The predicted molar refractivity (Wildman–Crippen MR) is 121 cm³/mol. The van der Waals surface area contributed by atoms with Crippen molar-refractivity contribution in [1.29, 1.82) is 0 Å². The Balaban J connectivity index is 1.74. The number of carbonyl (C=O) groups excluding carboxylic acids is 1. The number of nitrogens with one attached hydrogen (secondary N) is 1. The Hall–Kier alpha value is -2.86. The minimum absolute atomic E-state index is 0.0795. The number of anilines is 1. The predicted octanol–water partition coefficient (Wildman–Crippen LogP) is 4.47. The summed E-state index contributed by atoms with van der Waals surface area (Å²) in [4.78, 5) is 30.0. The van der Waals surface area contributed by atoms with Crippen LogP contribution in [0.15, 0.2) is 52.4 Å². The van der Waals surface area contributed by atoms with E-state index in [9.17, 15) is 9.59 Å². The first-order valence-corrected chi connectivity index (χ1v) is 11.0. The fourth-order valence-electron chi connectivity index (χ4n) is 3.90. The van der Waals surface area contributed by atoms with E-state index in [-0.39, 0.29) is 23.8 Å². The maximum Gasteiger partial charge on any atom is 0.279 e. The highest BCUT2D eigenvalue weighted by molar-refractivity contribution is 7.98. The van der Waals surface area contributed by atoms with E-state index in [2.05, 4.69) is 47.6 Å². The van der Waals surface area contributed by atoms with Gasteiger partial charge in [-0.2, -0.15) is 4.98 Å².